The lowest BCUT2D eigenvalue weighted by Gasteiger charge is -2.43. The van der Waals surface area contributed by atoms with Crippen LogP contribution in [-0.4, -0.2) is 54.1 Å². The Morgan fingerprint density at radius 3 is 2.56 bits per heavy atom. The van der Waals surface area contributed by atoms with E-state index in [9.17, 15) is 18.3 Å². The molecule has 0 radical (unpaired) electrons. The van der Waals surface area contributed by atoms with Crippen molar-refractivity contribution in [2.24, 2.45) is 0 Å². The van der Waals surface area contributed by atoms with Gasteiger partial charge in [0, 0.05) is 12.6 Å². The predicted octanol–water partition coefficient (Wildman–Crippen LogP) is 1.94. The highest BCUT2D eigenvalue weighted by Gasteiger charge is 2.51. The van der Waals surface area contributed by atoms with Crippen LogP contribution in [0, 0.1) is 0 Å². The molecule has 2 aliphatic heterocycles. The number of hydrogen-bond donors (Lipinski definition) is 1. The van der Waals surface area contributed by atoms with E-state index < -0.39 is 18.3 Å². The van der Waals surface area contributed by atoms with E-state index in [2.05, 4.69) is 0 Å². The minimum absolute atomic E-state index is 0.209. The van der Waals surface area contributed by atoms with Crippen molar-refractivity contribution < 1.29 is 23.0 Å². The van der Waals surface area contributed by atoms with Crippen LogP contribution in [0.2, 0.25) is 0 Å². The Kier molecular flexibility index (Phi) is 4.50. The van der Waals surface area contributed by atoms with Gasteiger partial charge < -0.3 is 9.84 Å². The number of likely N-dealkylation sites (tertiary alicyclic amines) is 1. The molecule has 106 valence electrons. The molecule has 2 aliphatic rings. The quantitative estimate of drug-likeness (QED) is 0.848. The van der Waals surface area contributed by atoms with Gasteiger partial charge in [-0.1, -0.05) is 6.42 Å². The second-order valence-electron chi connectivity index (χ2n) is 5.11. The van der Waals surface area contributed by atoms with Crippen molar-refractivity contribution in [3.63, 3.8) is 0 Å². The SMILES string of the molecule is OC[C@H]1CCCCN1C(C1CCCO1)C(F)(F)F. The highest BCUT2D eigenvalue weighted by atomic mass is 19.4. The summed E-state index contributed by atoms with van der Waals surface area (Å²) in [6, 6.07) is -1.94. The Bertz CT molecular complexity index is 267. The van der Waals surface area contributed by atoms with E-state index in [-0.39, 0.29) is 12.6 Å². The number of aliphatic hydroxyl groups excluding tert-OH is 1. The third-order valence-corrected chi connectivity index (χ3v) is 3.89. The second-order valence-corrected chi connectivity index (χ2v) is 5.11. The van der Waals surface area contributed by atoms with Crippen LogP contribution in [0.5, 0.6) is 0 Å². The number of nitrogens with zero attached hydrogens (tertiary/aromatic N) is 1. The van der Waals surface area contributed by atoms with Crippen molar-refractivity contribution in [2.45, 2.75) is 56.5 Å². The van der Waals surface area contributed by atoms with Crippen LogP contribution in [0.25, 0.3) is 0 Å². The maximum absolute atomic E-state index is 13.3. The van der Waals surface area contributed by atoms with Gasteiger partial charge in [0.25, 0.3) is 0 Å². The molecule has 0 spiro atoms. The summed E-state index contributed by atoms with van der Waals surface area (Å²) in [4.78, 5) is 1.42. The summed E-state index contributed by atoms with van der Waals surface area (Å²) in [5.74, 6) is 0. The van der Waals surface area contributed by atoms with Gasteiger partial charge in [0.1, 0.15) is 6.04 Å². The largest absolute Gasteiger partial charge is 0.406 e. The summed E-state index contributed by atoms with van der Waals surface area (Å²) in [5.41, 5.74) is 0. The molecule has 0 amide bonds. The third-order valence-electron chi connectivity index (χ3n) is 3.89. The summed E-state index contributed by atoms with van der Waals surface area (Å²) < 4.78 is 45.0. The van der Waals surface area contributed by atoms with E-state index in [4.69, 9.17) is 4.74 Å². The molecule has 0 saturated carbocycles. The van der Waals surface area contributed by atoms with E-state index in [1.165, 1.54) is 4.90 Å². The summed E-state index contributed by atoms with van der Waals surface area (Å²) in [6.45, 7) is 0.601. The monoisotopic (exact) mass is 267 g/mol. The van der Waals surface area contributed by atoms with Crippen LogP contribution in [0.4, 0.5) is 13.2 Å². The van der Waals surface area contributed by atoms with Crippen LogP contribution in [-0.2, 0) is 4.74 Å². The lowest BCUT2D eigenvalue weighted by molar-refractivity contribution is -0.220. The predicted molar refractivity (Wildman–Crippen MR) is 60.2 cm³/mol. The summed E-state index contributed by atoms with van der Waals surface area (Å²) >= 11 is 0. The van der Waals surface area contributed by atoms with Crippen molar-refractivity contribution in [1.29, 1.82) is 0 Å². The van der Waals surface area contributed by atoms with Crippen molar-refractivity contribution in [2.75, 3.05) is 19.8 Å². The first-order valence-electron chi connectivity index (χ1n) is 6.59. The second kappa shape index (κ2) is 5.75. The molecule has 2 heterocycles. The summed E-state index contributed by atoms with van der Waals surface area (Å²) in [6.07, 6.45) is -1.63. The molecule has 3 atom stereocenters. The van der Waals surface area contributed by atoms with E-state index in [0.717, 1.165) is 12.8 Å². The normalized spacial score (nSPS) is 32.7. The number of halogens is 3. The van der Waals surface area contributed by atoms with Crippen molar-refractivity contribution in [1.82, 2.24) is 4.90 Å². The molecule has 2 fully saturated rings. The number of aliphatic hydroxyl groups is 1. The van der Waals surface area contributed by atoms with Crippen molar-refractivity contribution in [3.05, 3.63) is 0 Å². The number of piperidine rings is 1. The van der Waals surface area contributed by atoms with E-state index >= 15 is 0 Å². The number of alkyl halides is 3. The molecule has 2 rings (SSSR count). The number of ether oxygens (including phenoxy) is 1. The minimum atomic E-state index is -4.29. The van der Waals surface area contributed by atoms with Crippen molar-refractivity contribution >= 4 is 0 Å². The highest BCUT2D eigenvalue weighted by molar-refractivity contribution is 4.93. The average Bonchev–Trinajstić information content (AvgIpc) is 2.81. The van der Waals surface area contributed by atoms with Gasteiger partial charge in [-0.3, -0.25) is 4.90 Å². The molecule has 0 aromatic rings. The van der Waals surface area contributed by atoms with Gasteiger partial charge in [-0.2, -0.15) is 13.2 Å². The standard InChI is InChI=1S/C12H20F3NO2/c13-12(14,15)11(10-5-3-7-18-10)16-6-2-1-4-9(16)8-17/h9-11,17H,1-8H2/t9-,10?,11?/m1/s1. The molecular weight excluding hydrogens is 247 g/mol. The fourth-order valence-corrected chi connectivity index (χ4v) is 3.05. The molecule has 0 bridgehead atoms. The zero-order valence-electron chi connectivity index (χ0n) is 10.3. The van der Waals surface area contributed by atoms with Gasteiger partial charge in [0.2, 0.25) is 0 Å². The molecular formula is C12H20F3NO2. The molecule has 0 aliphatic carbocycles. The van der Waals surface area contributed by atoms with Gasteiger partial charge in [-0.25, -0.2) is 0 Å². The Balaban J connectivity index is 2.16. The third kappa shape index (κ3) is 2.97. The maximum atomic E-state index is 13.3. The zero-order valence-corrected chi connectivity index (χ0v) is 10.3. The summed E-state index contributed by atoms with van der Waals surface area (Å²) in [7, 11) is 0. The average molecular weight is 267 g/mol. The Morgan fingerprint density at radius 1 is 1.22 bits per heavy atom. The van der Waals surface area contributed by atoms with Gasteiger partial charge in [-0.05, 0) is 32.2 Å². The van der Waals surface area contributed by atoms with Gasteiger partial charge in [0.15, 0.2) is 0 Å². The van der Waals surface area contributed by atoms with Gasteiger partial charge in [0.05, 0.1) is 12.7 Å². The minimum Gasteiger partial charge on any atom is -0.395 e. The molecule has 2 saturated heterocycles. The smallest absolute Gasteiger partial charge is 0.395 e. The Labute approximate surface area is 105 Å². The molecule has 3 nitrogen and oxygen atoms in total. The first kappa shape index (κ1) is 14.1. The highest BCUT2D eigenvalue weighted by Crippen LogP contribution is 2.35. The molecule has 1 N–H and O–H groups in total. The van der Waals surface area contributed by atoms with Crippen LogP contribution >= 0.6 is 0 Å². The first-order valence-corrected chi connectivity index (χ1v) is 6.59. The van der Waals surface area contributed by atoms with E-state index in [1.54, 1.807) is 0 Å². The summed E-state index contributed by atoms with van der Waals surface area (Å²) in [5, 5.41) is 9.27. The molecule has 0 aromatic carbocycles. The molecule has 18 heavy (non-hydrogen) atoms. The van der Waals surface area contributed by atoms with E-state index in [1.807, 2.05) is 0 Å². The maximum Gasteiger partial charge on any atom is 0.406 e. The Morgan fingerprint density at radius 2 is 2.00 bits per heavy atom. The first-order chi connectivity index (χ1) is 8.54. The van der Waals surface area contributed by atoms with Crippen LogP contribution in [0.15, 0.2) is 0 Å². The lowest BCUT2D eigenvalue weighted by atomic mass is 9.96. The number of hydrogen-bond acceptors (Lipinski definition) is 3. The van der Waals surface area contributed by atoms with E-state index in [0.29, 0.717) is 32.4 Å². The van der Waals surface area contributed by atoms with Gasteiger partial charge in [-0.15, -0.1) is 0 Å². The van der Waals surface area contributed by atoms with Crippen LogP contribution in [0.1, 0.15) is 32.1 Å². The number of rotatable bonds is 3. The van der Waals surface area contributed by atoms with Crippen molar-refractivity contribution in [3.8, 4) is 0 Å². The fourth-order valence-electron chi connectivity index (χ4n) is 3.05. The zero-order chi connectivity index (χ0) is 13.2. The fraction of sp³-hybridized carbons (Fsp3) is 1.00. The topological polar surface area (TPSA) is 32.7 Å². The van der Waals surface area contributed by atoms with Crippen LogP contribution in [0.3, 0.4) is 0 Å². The molecule has 2 unspecified atom stereocenters. The molecule has 6 heteroatoms. The Hall–Kier alpha value is -0.330. The van der Waals surface area contributed by atoms with Gasteiger partial charge >= 0.3 is 6.18 Å². The van der Waals surface area contributed by atoms with Crippen LogP contribution < -0.4 is 0 Å². The molecule has 0 aromatic heterocycles. The lowest BCUT2D eigenvalue weighted by Crippen LogP contribution is -2.58.